The number of amides is 2. The number of hydrogen-bond donors (Lipinski definition) is 4. The van der Waals surface area contributed by atoms with Crippen LogP contribution < -0.4 is 16.3 Å². The minimum absolute atomic E-state index is 0.105. The molecule has 1 aliphatic rings. The molecule has 1 heterocycles. The van der Waals surface area contributed by atoms with Gasteiger partial charge in [-0.25, -0.2) is 4.79 Å². The third kappa shape index (κ3) is 3.49. The fourth-order valence-electron chi connectivity index (χ4n) is 2.62. The van der Waals surface area contributed by atoms with Gasteiger partial charge in [0.15, 0.2) is 0 Å². The average Bonchev–Trinajstić information content (AvgIpc) is 2.91. The van der Waals surface area contributed by atoms with E-state index in [2.05, 4.69) is 20.6 Å². The van der Waals surface area contributed by atoms with Crippen LogP contribution in [0.1, 0.15) is 36.2 Å². The quantitative estimate of drug-likeness (QED) is 0.623. The van der Waals surface area contributed by atoms with E-state index in [9.17, 15) is 14.4 Å². The van der Waals surface area contributed by atoms with Crippen molar-refractivity contribution in [3.63, 3.8) is 0 Å². The Hall–Kier alpha value is -2.05. The molecule has 0 spiro atoms. The first-order valence-corrected chi connectivity index (χ1v) is 6.87. The molecular weight excluding hydrogens is 260 g/mol. The summed E-state index contributed by atoms with van der Waals surface area (Å²) in [6.45, 7) is 0.576. The highest BCUT2D eigenvalue weighted by Gasteiger charge is 2.25. The number of hydrogen-bond acceptors (Lipinski definition) is 3. The van der Waals surface area contributed by atoms with Gasteiger partial charge < -0.3 is 20.6 Å². The van der Waals surface area contributed by atoms with E-state index in [0.717, 1.165) is 25.7 Å². The standard InChI is InChI=1S/C13H20N4O3/c1-14-11(18)9-4-2-8(3-5-9)6-15-12(19)10-7-16-13(20)17-10/h7-9H,2-6H2,1H3,(H,14,18)(H,15,19)(H2,16,17,20). The Morgan fingerprint density at radius 2 is 2.00 bits per heavy atom. The molecule has 20 heavy (non-hydrogen) atoms. The first-order chi connectivity index (χ1) is 9.60. The van der Waals surface area contributed by atoms with Gasteiger partial charge in [0, 0.05) is 25.7 Å². The molecule has 0 bridgehead atoms. The minimum Gasteiger partial charge on any atom is -0.359 e. The van der Waals surface area contributed by atoms with Crippen LogP contribution in [-0.4, -0.2) is 35.4 Å². The molecule has 1 aliphatic carbocycles. The van der Waals surface area contributed by atoms with Gasteiger partial charge in [0.05, 0.1) is 0 Å². The average molecular weight is 280 g/mol. The third-order valence-corrected chi connectivity index (χ3v) is 3.86. The maximum atomic E-state index is 11.8. The van der Waals surface area contributed by atoms with E-state index in [1.807, 2.05) is 0 Å². The normalized spacial score (nSPS) is 22.2. The highest BCUT2D eigenvalue weighted by Crippen LogP contribution is 2.28. The van der Waals surface area contributed by atoms with Crippen LogP contribution in [0.15, 0.2) is 11.0 Å². The van der Waals surface area contributed by atoms with E-state index < -0.39 is 0 Å². The number of carbonyl (C=O) groups excluding carboxylic acids is 2. The molecule has 1 aromatic heterocycles. The fraction of sp³-hybridized carbons (Fsp3) is 0.615. The summed E-state index contributed by atoms with van der Waals surface area (Å²) in [6.07, 6.45) is 4.95. The molecule has 4 N–H and O–H groups in total. The molecular formula is C13H20N4O3. The summed E-state index contributed by atoms with van der Waals surface area (Å²) in [5.41, 5.74) is -0.143. The van der Waals surface area contributed by atoms with Gasteiger partial charge in [-0.05, 0) is 31.6 Å². The van der Waals surface area contributed by atoms with Crippen LogP contribution in [0.3, 0.4) is 0 Å². The van der Waals surface area contributed by atoms with Crippen LogP contribution in [0.2, 0.25) is 0 Å². The number of imidazole rings is 1. The Labute approximate surface area is 116 Å². The molecule has 2 rings (SSSR count). The zero-order valence-electron chi connectivity index (χ0n) is 11.5. The second kappa shape index (κ2) is 6.40. The van der Waals surface area contributed by atoms with Gasteiger partial charge in [-0.1, -0.05) is 0 Å². The zero-order valence-corrected chi connectivity index (χ0v) is 11.5. The summed E-state index contributed by atoms with van der Waals surface area (Å²) in [6, 6.07) is 0. The minimum atomic E-state index is -0.388. The lowest BCUT2D eigenvalue weighted by Gasteiger charge is -2.27. The Morgan fingerprint density at radius 1 is 1.30 bits per heavy atom. The summed E-state index contributed by atoms with van der Waals surface area (Å²) in [4.78, 5) is 39.0. The lowest BCUT2D eigenvalue weighted by atomic mass is 9.81. The van der Waals surface area contributed by atoms with Gasteiger partial charge in [-0.3, -0.25) is 9.59 Å². The van der Waals surface area contributed by atoms with Crippen molar-refractivity contribution in [2.24, 2.45) is 11.8 Å². The summed E-state index contributed by atoms with van der Waals surface area (Å²) < 4.78 is 0. The molecule has 1 saturated carbocycles. The van der Waals surface area contributed by atoms with Gasteiger partial charge in [0.1, 0.15) is 5.69 Å². The summed E-state index contributed by atoms with van der Waals surface area (Å²) in [5, 5.41) is 5.49. The highest BCUT2D eigenvalue weighted by molar-refractivity contribution is 5.91. The molecule has 0 atom stereocenters. The topological polar surface area (TPSA) is 107 Å². The molecule has 0 unspecified atom stereocenters. The van der Waals surface area contributed by atoms with Gasteiger partial charge in [-0.15, -0.1) is 0 Å². The van der Waals surface area contributed by atoms with E-state index in [1.165, 1.54) is 6.20 Å². The molecule has 0 saturated heterocycles. The summed E-state index contributed by atoms with van der Waals surface area (Å²) >= 11 is 0. The highest BCUT2D eigenvalue weighted by atomic mass is 16.2. The van der Waals surface area contributed by atoms with Gasteiger partial charge in [0.25, 0.3) is 5.91 Å². The Kier molecular flexibility index (Phi) is 4.60. The van der Waals surface area contributed by atoms with Crippen LogP contribution >= 0.6 is 0 Å². The van der Waals surface area contributed by atoms with Crippen molar-refractivity contribution in [3.05, 3.63) is 22.4 Å². The van der Waals surface area contributed by atoms with Crippen molar-refractivity contribution >= 4 is 11.8 Å². The third-order valence-electron chi connectivity index (χ3n) is 3.86. The lowest BCUT2D eigenvalue weighted by Crippen LogP contribution is -2.35. The van der Waals surface area contributed by atoms with Crippen molar-refractivity contribution in [1.29, 1.82) is 0 Å². The number of nitrogens with one attached hydrogen (secondary N) is 4. The molecule has 7 nitrogen and oxygen atoms in total. The van der Waals surface area contributed by atoms with Crippen molar-refractivity contribution in [2.45, 2.75) is 25.7 Å². The molecule has 7 heteroatoms. The van der Waals surface area contributed by atoms with E-state index >= 15 is 0 Å². The fourth-order valence-corrected chi connectivity index (χ4v) is 2.62. The number of carbonyl (C=O) groups is 2. The Bertz CT molecular complexity index is 526. The predicted molar refractivity (Wildman–Crippen MR) is 73.3 cm³/mol. The Morgan fingerprint density at radius 3 is 2.55 bits per heavy atom. The molecule has 0 aliphatic heterocycles. The van der Waals surface area contributed by atoms with Crippen LogP contribution in [0.4, 0.5) is 0 Å². The number of aromatic nitrogens is 2. The van der Waals surface area contributed by atoms with Crippen LogP contribution in [0, 0.1) is 11.8 Å². The van der Waals surface area contributed by atoms with Crippen LogP contribution in [0.25, 0.3) is 0 Å². The summed E-state index contributed by atoms with van der Waals surface area (Å²) in [7, 11) is 1.66. The van der Waals surface area contributed by atoms with Crippen molar-refractivity contribution in [2.75, 3.05) is 13.6 Å². The molecule has 0 radical (unpaired) electrons. The molecule has 1 fully saturated rings. The van der Waals surface area contributed by atoms with Crippen LogP contribution in [0.5, 0.6) is 0 Å². The largest absolute Gasteiger partial charge is 0.359 e. The van der Waals surface area contributed by atoms with Gasteiger partial charge in [-0.2, -0.15) is 0 Å². The maximum absolute atomic E-state index is 11.8. The van der Waals surface area contributed by atoms with E-state index in [4.69, 9.17) is 0 Å². The smallest absolute Gasteiger partial charge is 0.323 e. The first kappa shape index (κ1) is 14.4. The van der Waals surface area contributed by atoms with Gasteiger partial charge in [0.2, 0.25) is 5.91 Å². The number of aromatic amines is 2. The SMILES string of the molecule is CNC(=O)C1CCC(CNC(=O)c2c[nH]c(=O)[nH]2)CC1. The molecule has 110 valence electrons. The second-order valence-electron chi connectivity index (χ2n) is 5.20. The monoisotopic (exact) mass is 280 g/mol. The van der Waals surface area contributed by atoms with Gasteiger partial charge >= 0.3 is 5.69 Å². The van der Waals surface area contributed by atoms with E-state index in [1.54, 1.807) is 7.05 Å². The van der Waals surface area contributed by atoms with Crippen molar-refractivity contribution in [1.82, 2.24) is 20.6 Å². The maximum Gasteiger partial charge on any atom is 0.323 e. The lowest BCUT2D eigenvalue weighted by molar-refractivity contribution is -0.125. The summed E-state index contributed by atoms with van der Waals surface area (Å²) in [5.74, 6) is 0.327. The molecule has 0 aromatic carbocycles. The number of rotatable bonds is 4. The molecule has 1 aromatic rings. The number of H-pyrrole nitrogens is 2. The van der Waals surface area contributed by atoms with Crippen LogP contribution in [-0.2, 0) is 4.79 Å². The predicted octanol–water partition coefficient (Wildman–Crippen LogP) is -0.0148. The van der Waals surface area contributed by atoms with Crippen molar-refractivity contribution in [3.8, 4) is 0 Å². The zero-order chi connectivity index (χ0) is 14.5. The van der Waals surface area contributed by atoms with Crippen molar-refractivity contribution < 1.29 is 9.59 Å². The first-order valence-electron chi connectivity index (χ1n) is 6.87. The van der Waals surface area contributed by atoms with E-state index in [0.29, 0.717) is 12.5 Å². The second-order valence-corrected chi connectivity index (χ2v) is 5.20. The van der Waals surface area contributed by atoms with E-state index in [-0.39, 0.29) is 29.1 Å². The molecule has 2 amide bonds. The Balaban J connectivity index is 1.75.